The van der Waals surface area contributed by atoms with Crippen LogP contribution in [-0.4, -0.2) is 75.7 Å². The van der Waals surface area contributed by atoms with E-state index < -0.39 is 11.6 Å². The first-order chi connectivity index (χ1) is 18.9. The van der Waals surface area contributed by atoms with Gasteiger partial charge in [-0.1, -0.05) is 6.58 Å². The van der Waals surface area contributed by atoms with Gasteiger partial charge in [0.2, 0.25) is 5.91 Å². The minimum absolute atomic E-state index is 0.0327. The number of rotatable bonds is 8. The highest BCUT2D eigenvalue weighted by molar-refractivity contribution is 5.95. The zero-order valence-electron chi connectivity index (χ0n) is 21.8. The van der Waals surface area contributed by atoms with E-state index in [0.29, 0.717) is 57.1 Å². The molecule has 0 saturated carbocycles. The third-order valence-electron chi connectivity index (χ3n) is 7.07. The van der Waals surface area contributed by atoms with Gasteiger partial charge in [-0.2, -0.15) is 0 Å². The Hall–Kier alpha value is -3.83. The second-order valence-electron chi connectivity index (χ2n) is 9.43. The van der Waals surface area contributed by atoms with Crippen molar-refractivity contribution in [1.29, 1.82) is 0 Å². The lowest BCUT2D eigenvalue weighted by Crippen LogP contribution is -2.39. The Balaban J connectivity index is 1.59. The van der Waals surface area contributed by atoms with E-state index in [1.54, 1.807) is 12.3 Å². The molecule has 1 aromatic carbocycles. The highest BCUT2D eigenvalue weighted by atomic mass is 19.1. The van der Waals surface area contributed by atoms with Crippen molar-refractivity contribution >= 4 is 22.5 Å². The maximum atomic E-state index is 15.4. The summed E-state index contributed by atoms with van der Waals surface area (Å²) in [5, 5.41) is 4.39. The van der Waals surface area contributed by atoms with Crippen LogP contribution in [0.3, 0.4) is 0 Å². The monoisotopic (exact) mass is 540 g/mol. The maximum Gasteiger partial charge on any atom is 0.243 e. The molecular formula is C28H30F2N4O5. The van der Waals surface area contributed by atoms with Crippen LogP contribution in [0.4, 0.5) is 14.6 Å². The summed E-state index contributed by atoms with van der Waals surface area (Å²) in [6.07, 6.45) is 3.49. The standard InChI is InChI=1S/C28H30F2N4O5/c1-4-24(35)32-21-15-39-14-17(21)9-18-11-19-16(13-31-18)10-20(33-28(19)34-5-7-38-8-6-34)25-26(29)22(36-2)12-23(37-3)27(25)30/h4,10-13,17,21H,1,5-9,14-15H2,2-3H3,(H,32,35)/t17?,21-/m0/s1. The molecule has 3 aromatic rings. The SMILES string of the molecule is C=CC(=O)N[C@H]1COCC1Cc1cc2c(N3CCOCC3)nc(-c3c(F)c(OC)cc(OC)c3F)cc2cn1. The number of carbonyl (C=O) groups excluding carboxylic acids is 1. The molecule has 1 N–H and O–H groups in total. The summed E-state index contributed by atoms with van der Waals surface area (Å²) in [5.74, 6) is -1.67. The number of carbonyl (C=O) groups is 1. The number of pyridine rings is 2. The molecule has 206 valence electrons. The van der Waals surface area contributed by atoms with Gasteiger partial charge >= 0.3 is 0 Å². The molecule has 2 aliphatic heterocycles. The Labute approximate surface area is 224 Å². The first-order valence-electron chi connectivity index (χ1n) is 12.7. The Morgan fingerprint density at radius 3 is 2.51 bits per heavy atom. The third-order valence-corrected chi connectivity index (χ3v) is 7.07. The molecule has 0 aliphatic carbocycles. The van der Waals surface area contributed by atoms with Crippen molar-refractivity contribution < 1.29 is 32.5 Å². The average molecular weight is 541 g/mol. The van der Waals surface area contributed by atoms with Crippen LogP contribution >= 0.6 is 0 Å². The predicted octanol–water partition coefficient (Wildman–Crippen LogP) is 3.29. The number of methoxy groups -OCH3 is 2. The first-order valence-corrected chi connectivity index (χ1v) is 12.7. The highest BCUT2D eigenvalue weighted by Gasteiger charge is 2.30. The van der Waals surface area contributed by atoms with Gasteiger partial charge in [-0.15, -0.1) is 0 Å². The van der Waals surface area contributed by atoms with Gasteiger partial charge in [0.05, 0.1) is 57.9 Å². The van der Waals surface area contributed by atoms with Gasteiger partial charge < -0.3 is 29.2 Å². The number of nitrogens with zero attached hydrogens (tertiary/aromatic N) is 3. The number of benzene rings is 1. The van der Waals surface area contributed by atoms with Gasteiger partial charge in [0, 0.05) is 47.7 Å². The third kappa shape index (κ3) is 5.37. The molecule has 0 radical (unpaired) electrons. The smallest absolute Gasteiger partial charge is 0.243 e. The fourth-order valence-electron chi connectivity index (χ4n) is 5.01. The Morgan fingerprint density at radius 2 is 1.85 bits per heavy atom. The normalized spacial score (nSPS) is 19.2. The fraction of sp³-hybridized carbons (Fsp3) is 0.393. The summed E-state index contributed by atoms with van der Waals surface area (Å²) in [7, 11) is 2.61. The Morgan fingerprint density at radius 1 is 1.13 bits per heavy atom. The Kier molecular flexibility index (Phi) is 7.89. The molecule has 2 atom stereocenters. The lowest BCUT2D eigenvalue weighted by atomic mass is 9.96. The minimum atomic E-state index is -0.867. The average Bonchev–Trinajstić information content (AvgIpc) is 3.39. The molecule has 0 spiro atoms. The molecule has 39 heavy (non-hydrogen) atoms. The molecule has 2 aliphatic rings. The Bertz CT molecular complexity index is 1370. The van der Waals surface area contributed by atoms with Crippen LogP contribution in [0.1, 0.15) is 5.69 Å². The van der Waals surface area contributed by atoms with E-state index in [9.17, 15) is 4.79 Å². The number of morpholine rings is 1. The molecule has 9 nitrogen and oxygen atoms in total. The van der Waals surface area contributed by atoms with Gasteiger partial charge in [0.1, 0.15) is 5.82 Å². The van der Waals surface area contributed by atoms with E-state index in [-0.39, 0.29) is 40.6 Å². The zero-order valence-corrected chi connectivity index (χ0v) is 21.8. The van der Waals surface area contributed by atoms with Gasteiger partial charge in [-0.25, -0.2) is 13.8 Å². The van der Waals surface area contributed by atoms with E-state index in [2.05, 4.69) is 16.9 Å². The molecular weight excluding hydrogens is 510 g/mol. The van der Waals surface area contributed by atoms with Crippen molar-refractivity contribution in [1.82, 2.24) is 15.3 Å². The number of hydrogen-bond acceptors (Lipinski definition) is 8. The second kappa shape index (κ2) is 11.5. The van der Waals surface area contributed by atoms with Crippen molar-refractivity contribution in [3.05, 3.63) is 54.4 Å². The van der Waals surface area contributed by atoms with Crippen LogP contribution in [0.2, 0.25) is 0 Å². The number of fused-ring (bicyclic) bond motifs is 1. The van der Waals surface area contributed by atoms with Crippen LogP contribution in [0.5, 0.6) is 11.5 Å². The van der Waals surface area contributed by atoms with Crippen molar-refractivity contribution in [2.75, 3.05) is 58.6 Å². The zero-order chi connectivity index (χ0) is 27.5. The quantitative estimate of drug-likeness (QED) is 0.435. The van der Waals surface area contributed by atoms with Crippen molar-refractivity contribution in [2.45, 2.75) is 12.5 Å². The number of amides is 1. The van der Waals surface area contributed by atoms with Gasteiger partial charge in [-0.3, -0.25) is 9.78 Å². The molecule has 4 heterocycles. The summed E-state index contributed by atoms with van der Waals surface area (Å²) in [6, 6.07) is 4.58. The van der Waals surface area contributed by atoms with E-state index >= 15 is 8.78 Å². The summed E-state index contributed by atoms with van der Waals surface area (Å²) in [6.45, 7) is 6.58. The summed E-state index contributed by atoms with van der Waals surface area (Å²) < 4.78 is 52.2. The lowest BCUT2D eigenvalue weighted by molar-refractivity contribution is -0.117. The van der Waals surface area contributed by atoms with Crippen LogP contribution in [0.25, 0.3) is 22.0 Å². The number of ether oxygens (including phenoxy) is 4. The molecule has 2 aromatic heterocycles. The molecule has 1 amide bonds. The second-order valence-corrected chi connectivity index (χ2v) is 9.43. The van der Waals surface area contributed by atoms with E-state index in [1.807, 2.05) is 11.0 Å². The van der Waals surface area contributed by atoms with Crippen molar-refractivity contribution in [2.24, 2.45) is 5.92 Å². The summed E-state index contributed by atoms with van der Waals surface area (Å²) in [4.78, 5) is 23.3. The predicted molar refractivity (Wildman–Crippen MR) is 141 cm³/mol. The number of nitrogens with one attached hydrogen (secondary N) is 1. The highest BCUT2D eigenvalue weighted by Crippen LogP contribution is 2.39. The first kappa shape index (κ1) is 26.8. The molecule has 5 rings (SSSR count). The molecule has 1 unspecified atom stereocenters. The number of hydrogen-bond donors (Lipinski definition) is 1. The summed E-state index contributed by atoms with van der Waals surface area (Å²) >= 11 is 0. The minimum Gasteiger partial charge on any atom is -0.494 e. The van der Waals surface area contributed by atoms with Crippen molar-refractivity contribution in [3.63, 3.8) is 0 Å². The van der Waals surface area contributed by atoms with Gasteiger partial charge in [-0.05, 0) is 24.6 Å². The molecule has 0 bridgehead atoms. The molecule has 11 heteroatoms. The largest absolute Gasteiger partial charge is 0.494 e. The van der Waals surface area contributed by atoms with Crippen LogP contribution in [0.15, 0.2) is 37.1 Å². The van der Waals surface area contributed by atoms with Gasteiger partial charge in [0.25, 0.3) is 0 Å². The maximum absolute atomic E-state index is 15.4. The number of anilines is 1. The number of halogens is 2. The molecule has 2 fully saturated rings. The van der Waals surface area contributed by atoms with E-state index in [4.69, 9.17) is 23.9 Å². The van der Waals surface area contributed by atoms with Crippen LogP contribution in [-0.2, 0) is 20.7 Å². The van der Waals surface area contributed by atoms with Gasteiger partial charge in [0.15, 0.2) is 23.1 Å². The topological polar surface area (TPSA) is 95.0 Å². The lowest BCUT2D eigenvalue weighted by Gasteiger charge is -2.29. The van der Waals surface area contributed by atoms with E-state index in [0.717, 1.165) is 11.1 Å². The molecule has 2 saturated heterocycles. The summed E-state index contributed by atoms with van der Waals surface area (Å²) in [5.41, 5.74) is 0.554. The van der Waals surface area contributed by atoms with Crippen LogP contribution < -0.4 is 19.7 Å². The van der Waals surface area contributed by atoms with Crippen molar-refractivity contribution in [3.8, 4) is 22.8 Å². The fourth-order valence-corrected chi connectivity index (χ4v) is 5.01. The van der Waals surface area contributed by atoms with Crippen LogP contribution in [0, 0.1) is 17.6 Å². The number of aromatic nitrogens is 2. The van der Waals surface area contributed by atoms with E-state index in [1.165, 1.54) is 26.4 Å².